The molecule has 0 aliphatic heterocycles. The van der Waals surface area contributed by atoms with E-state index in [1.807, 2.05) is 0 Å². The highest BCUT2D eigenvalue weighted by Gasteiger charge is 2.10. The van der Waals surface area contributed by atoms with Gasteiger partial charge in [-0.3, -0.25) is 0 Å². The maximum atomic E-state index is 5.87. The Bertz CT molecular complexity index is 198. The first-order valence-electron chi connectivity index (χ1n) is 9.22. The maximum absolute atomic E-state index is 5.87. The quantitative estimate of drug-likeness (QED) is 0.275. The van der Waals surface area contributed by atoms with Crippen molar-refractivity contribution in [2.75, 3.05) is 13.2 Å². The summed E-state index contributed by atoms with van der Waals surface area (Å²) in [6, 6.07) is 0. The van der Waals surface area contributed by atoms with E-state index < -0.39 is 0 Å². The van der Waals surface area contributed by atoms with Crippen molar-refractivity contribution in [1.82, 2.24) is 0 Å². The van der Waals surface area contributed by atoms with Crippen LogP contribution >= 0.6 is 0 Å². The second-order valence-electron chi connectivity index (χ2n) is 7.39. The van der Waals surface area contributed by atoms with Crippen molar-refractivity contribution in [1.29, 1.82) is 0 Å². The molecule has 0 atom stereocenters. The minimum absolute atomic E-state index is 0.0331. The molecule has 0 rings (SSSR count). The summed E-state index contributed by atoms with van der Waals surface area (Å²) in [6.07, 6.45) is 12.3. The molecule has 0 aliphatic carbocycles. The van der Waals surface area contributed by atoms with Crippen LogP contribution in [0.1, 0.15) is 98.8 Å². The lowest BCUT2D eigenvalue weighted by molar-refractivity contribution is -0.147. The van der Waals surface area contributed by atoms with Crippen molar-refractivity contribution in [2.24, 2.45) is 5.41 Å². The summed E-state index contributed by atoms with van der Waals surface area (Å²) in [5.74, 6) is 0. The monoisotopic (exact) mass is 300 g/mol. The molecule has 0 saturated carbocycles. The SMILES string of the molecule is CCCCOC(CCCCCCC(C)(C)C)OCCCC. The summed E-state index contributed by atoms with van der Waals surface area (Å²) in [4.78, 5) is 0. The van der Waals surface area contributed by atoms with Crippen molar-refractivity contribution in [3.05, 3.63) is 0 Å². The van der Waals surface area contributed by atoms with E-state index in [1.54, 1.807) is 0 Å². The molecule has 0 fully saturated rings. The summed E-state index contributed by atoms with van der Waals surface area (Å²) in [6.45, 7) is 13.1. The highest BCUT2D eigenvalue weighted by molar-refractivity contribution is 4.61. The standard InChI is InChI=1S/C19H40O2/c1-6-8-16-20-18(21-17-9-7-2)14-12-10-11-13-15-19(3,4)5/h18H,6-17H2,1-5H3. The molecule has 128 valence electrons. The lowest BCUT2D eigenvalue weighted by atomic mass is 9.89. The molecule has 0 aromatic carbocycles. The number of ether oxygens (including phenoxy) is 2. The van der Waals surface area contributed by atoms with Crippen LogP contribution in [0.25, 0.3) is 0 Å². The number of hydrogen-bond acceptors (Lipinski definition) is 2. The zero-order valence-electron chi connectivity index (χ0n) is 15.4. The van der Waals surface area contributed by atoms with Gasteiger partial charge in [-0.1, -0.05) is 66.7 Å². The van der Waals surface area contributed by atoms with E-state index in [-0.39, 0.29) is 6.29 Å². The van der Waals surface area contributed by atoms with Crippen LogP contribution in [0.2, 0.25) is 0 Å². The molecule has 0 unspecified atom stereocenters. The average molecular weight is 301 g/mol. The van der Waals surface area contributed by atoms with Crippen molar-refractivity contribution in [2.45, 2.75) is 105 Å². The topological polar surface area (TPSA) is 18.5 Å². The van der Waals surface area contributed by atoms with Gasteiger partial charge in [0.05, 0.1) is 0 Å². The Morgan fingerprint density at radius 2 is 1.24 bits per heavy atom. The van der Waals surface area contributed by atoms with Gasteiger partial charge in [0.25, 0.3) is 0 Å². The molecule has 0 saturated heterocycles. The van der Waals surface area contributed by atoms with Crippen molar-refractivity contribution < 1.29 is 9.47 Å². The number of hydrogen-bond donors (Lipinski definition) is 0. The van der Waals surface area contributed by atoms with Crippen LogP contribution in [0.15, 0.2) is 0 Å². The lowest BCUT2D eigenvalue weighted by Gasteiger charge is -2.19. The highest BCUT2D eigenvalue weighted by Crippen LogP contribution is 2.22. The molecule has 2 nitrogen and oxygen atoms in total. The summed E-state index contributed by atoms with van der Waals surface area (Å²) < 4.78 is 11.7. The summed E-state index contributed by atoms with van der Waals surface area (Å²) in [7, 11) is 0. The van der Waals surface area contributed by atoms with Crippen LogP contribution in [0, 0.1) is 5.41 Å². The summed E-state index contributed by atoms with van der Waals surface area (Å²) in [5.41, 5.74) is 0.481. The Hall–Kier alpha value is -0.0800. The van der Waals surface area contributed by atoms with Gasteiger partial charge >= 0.3 is 0 Å². The van der Waals surface area contributed by atoms with Gasteiger partial charge in [-0.15, -0.1) is 0 Å². The van der Waals surface area contributed by atoms with E-state index in [0.29, 0.717) is 5.41 Å². The fourth-order valence-electron chi connectivity index (χ4n) is 2.25. The van der Waals surface area contributed by atoms with Crippen molar-refractivity contribution >= 4 is 0 Å². The van der Waals surface area contributed by atoms with E-state index in [0.717, 1.165) is 32.5 Å². The predicted octanol–water partition coefficient (Wildman–Crippen LogP) is 6.33. The third-order valence-corrected chi connectivity index (χ3v) is 3.72. The normalized spacial score (nSPS) is 12.3. The third-order valence-electron chi connectivity index (χ3n) is 3.72. The summed E-state index contributed by atoms with van der Waals surface area (Å²) in [5, 5.41) is 0. The Labute approximate surface area is 134 Å². The Morgan fingerprint density at radius 3 is 1.71 bits per heavy atom. The molecular weight excluding hydrogens is 260 g/mol. The molecule has 0 aliphatic rings. The van der Waals surface area contributed by atoms with Gasteiger partial charge in [-0.25, -0.2) is 0 Å². The van der Waals surface area contributed by atoms with Crippen LogP contribution in [0.4, 0.5) is 0 Å². The minimum atomic E-state index is 0.0331. The van der Waals surface area contributed by atoms with Gasteiger partial charge in [0.2, 0.25) is 0 Å². The molecule has 0 aromatic rings. The van der Waals surface area contributed by atoms with Gasteiger partial charge in [-0.05, 0) is 37.5 Å². The van der Waals surface area contributed by atoms with E-state index >= 15 is 0 Å². The Morgan fingerprint density at radius 1 is 0.714 bits per heavy atom. The van der Waals surface area contributed by atoms with Gasteiger partial charge in [0.1, 0.15) is 0 Å². The molecule has 0 radical (unpaired) electrons. The molecule has 0 heterocycles. The van der Waals surface area contributed by atoms with Crippen molar-refractivity contribution in [3.63, 3.8) is 0 Å². The second kappa shape index (κ2) is 13.6. The minimum Gasteiger partial charge on any atom is -0.353 e. The summed E-state index contributed by atoms with van der Waals surface area (Å²) >= 11 is 0. The van der Waals surface area contributed by atoms with Gasteiger partial charge in [0.15, 0.2) is 6.29 Å². The zero-order valence-corrected chi connectivity index (χ0v) is 15.4. The van der Waals surface area contributed by atoms with Crippen molar-refractivity contribution in [3.8, 4) is 0 Å². The highest BCUT2D eigenvalue weighted by atomic mass is 16.7. The third kappa shape index (κ3) is 16.1. The molecule has 0 spiro atoms. The predicted molar refractivity (Wildman–Crippen MR) is 92.7 cm³/mol. The molecular formula is C19H40O2. The van der Waals surface area contributed by atoms with E-state index in [9.17, 15) is 0 Å². The first kappa shape index (κ1) is 20.9. The molecule has 0 aromatic heterocycles. The first-order valence-corrected chi connectivity index (χ1v) is 9.22. The fraction of sp³-hybridized carbons (Fsp3) is 1.00. The number of unbranched alkanes of at least 4 members (excludes halogenated alkanes) is 5. The fourth-order valence-corrected chi connectivity index (χ4v) is 2.25. The van der Waals surface area contributed by atoms with Crippen LogP contribution in [-0.2, 0) is 9.47 Å². The van der Waals surface area contributed by atoms with Gasteiger partial charge in [0, 0.05) is 13.2 Å². The van der Waals surface area contributed by atoms with Gasteiger partial charge < -0.3 is 9.47 Å². The van der Waals surface area contributed by atoms with E-state index in [2.05, 4.69) is 34.6 Å². The second-order valence-corrected chi connectivity index (χ2v) is 7.39. The Balaban J connectivity index is 3.67. The molecule has 2 heteroatoms. The molecule has 0 bridgehead atoms. The first-order chi connectivity index (χ1) is 9.99. The number of rotatable bonds is 14. The largest absolute Gasteiger partial charge is 0.353 e. The van der Waals surface area contributed by atoms with Crippen LogP contribution in [0.3, 0.4) is 0 Å². The van der Waals surface area contributed by atoms with E-state index in [1.165, 1.54) is 44.9 Å². The lowest BCUT2D eigenvalue weighted by Crippen LogP contribution is -2.18. The molecule has 21 heavy (non-hydrogen) atoms. The van der Waals surface area contributed by atoms with Gasteiger partial charge in [-0.2, -0.15) is 0 Å². The Kier molecular flexibility index (Phi) is 13.5. The maximum Gasteiger partial charge on any atom is 0.157 e. The average Bonchev–Trinajstić information content (AvgIpc) is 2.41. The van der Waals surface area contributed by atoms with Crippen LogP contribution in [0.5, 0.6) is 0 Å². The molecule has 0 N–H and O–H groups in total. The van der Waals surface area contributed by atoms with Crippen LogP contribution in [-0.4, -0.2) is 19.5 Å². The van der Waals surface area contributed by atoms with E-state index in [4.69, 9.17) is 9.47 Å². The van der Waals surface area contributed by atoms with Crippen LogP contribution < -0.4 is 0 Å². The molecule has 0 amide bonds. The zero-order chi connectivity index (χ0) is 16.0. The smallest absolute Gasteiger partial charge is 0.157 e.